The summed E-state index contributed by atoms with van der Waals surface area (Å²) in [6, 6.07) is 15.0. The van der Waals surface area contributed by atoms with Crippen molar-refractivity contribution in [1.82, 2.24) is 10.6 Å². The zero-order valence-corrected chi connectivity index (χ0v) is 18.8. The van der Waals surface area contributed by atoms with E-state index in [1.807, 2.05) is 43.3 Å². The van der Waals surface area contributed by atoms with Crippen LogP contribution in [0.4, 0.5) is 4.79 Å². The summed E-state index contributed by atoms with van der Waals surface area (Å²) >= 11 is 0. The van der Waals surface area contributed by atoms with Crippen molar-refractivity contribution in [3.63, 3.8) is 0 Å². The van der Waals surface area contributed by atoms with Gasteiger partial charge >= 0.3 is 12.1 Å². The SMILES string of the molecule is CC[C@H](C)[C@H](NC(=O)C(C)(C)NC(=O)OCC1c2ccccc2-c2ccccc21)C(=O)O. The Bertz CT molecular complexity index is 971. The molecule has 0 aromatic heterocycles. The third-order valence-electron chi connectivity index (χ3n) is 6.09. The first-order chi connectivity index (χ1) is 15.2. The lowest BCUT2D eigenvalue weighted by molar-refractivity contribution is -0.144. The monoisotopic (exact) mass is 438 g/mol. The molecule has 0 aliphatic heterocycles. The molecule has 1 aliphatic carbocycles. The summed E-state index contributed by atoms with van der Waals surface area (Å²) in [5.74, 6) is -2.03. The first kappa shape index (κ1) is 23.3. The fraction of sp³-hybridized carbons (Fsp3) is 0.400. The van der Waals surface area contributed by atoms with E-state index in [0.717, 1.165) is 22.3 Å². The van der Waals surface area contributed by atoms with E-state index in [1.165, 1.54) is 13.8 Å². The maximum absolute atomic E-state index is 12.7. The number of benzene rings is 2. The van der Waals surface area contributed by atoms with Crippen molar-refractivity contribution in [2.24, 2.45) is 5.92 Å². The van der Waals surface area contributed by atoms with Gasteiger partial charge in [-0.2, -0.15) is 0 Å². The van der Waals surface area contributed by atoms with Crippen molar-refractivity contribution in [2.45, 2.75) is 51.6 Å². The molecule has 2 atom stereocenters. The van der Waals surface area contributed by atoms with Crippen molar-refractivity contribution < 1.29 is 24.2 Å². The first-order valence-corrected chi connectivity index (χ1v) is 10.8. The van der Waals surface area contributed by atoms with Crippen LogP contribution in [0.2, 0.25) is 0 Å². The van der Waals surface area contributed by atoms with Gasteiger partial charge in [0.05, 0.1) is 0 Å². The van der Waals surface area contributed by atoms with Gasteiger partial charge in [0.15, 0.2) is 0 Å². The molecule has 3 rings (SSSR count). The van der Waals surface area contributed by atoms with Gasteiger partial charge in [0.1, 0.15) is 18.2 Å². The lowest BCUT2D eigenvalue weighted by Crippen LogP contribution is -2.59. The highest BCUT2D eigenvalue weighted by molar-refractivity contribution is 5.92. The van der Waals surface area contributed by atoms with Gasteiger partial charge in [0, 0.05) is 5.92 Å². The lowest BCUT2D eigenvalue weighted by Gasteiger charge is -2.28. The molecule has 3 N–H and O–H groups in total. The average Bonchev–Trinajstić information content (AvgIpc) is 3.08. The predicted molar refractivity (Wildman–Crippen MR) is 121 cm³/mol. The van der Waals surface area contributed by atoms with Crippen molar-refractivity contribution >= 4 is 18.0 Å². The average molecular weight is 439 g/mol. The molecule has 0 heterocycles. The van der Waals surface area contributed by atoms with E-state index in [9.17, 15) is 19.5 Å². The van der Waals surface area contributed by atoms with Crippen molar-refractivity contribution in [2.75, 3.05) is 6.61 Å². The maximum Gasteiger partial charge on any atom is 0.408 e. The number of carbonyl (C=O) groups excluding carboxylic acids is 2. The van der Waals surface area contributed by atoms with E-state index in [1.54, 1.807) is 6.92 Å². The summed E-state index contributed by atoms with van der Waals surface area (Å²) in [5.41, 5.74) is 3.10. The standard InChI is InChI=1S/C25H30N2O5/c1-5-15(2)21(22(28)29)26-23(30)25(3,4)27-24(31)32-14-20-18-12-8-6-10-16(18)17-11-7-9-13-19(17)20/h6-13,15,20-21H,5,14H2,1-4H3,(H,26,30)(H,27,31)(H,28,29)/t15-,21-/m0/s1. The Labute approximate surface area is 188 Å². The van der Waals surface area contributed by atoms with Crippen molar-refractivity contribution in [1.29, 1.82) is 0 Å². The number of hydrogen-bond donors (Lipinski definition) is 3. The second-order valence-corrected chi connectivity index (χ2v) is 8.75. The number of carboxylic acid groups (broad SMARTS) is 1. The smallest absolute Gasteiger partial charge is 0.408 e. The first-order valence-electron chi connectivity index (χ1n) is 10.8. The van der Waals surface area contributed by atoms with Crippen LogP contribution in [0.5, 0.6) is 0 Å². The van der Waals surface area contributed by atoms with E-state index in [2.05, 4.69) is 22.8 Å². The van der Waals surface area contributed by atoms with Crippen LogP contribution in [0.1, 0.15) is 51.2 Å². The Morgan fingerprint density at radius 1 is 1.03 bits per heavy atom. The second-order valence-electron chi connectivity index (χ2n) is 8.75. The van der Waals surface area contributed by atoms with Gasteiger partial charge in [-0.15, -0.1) is 0 Å². The summed E-state index contributed by atoms with van der Waals surface area (Å²) in [5, 5.41) is 14.5. The number of rotatable bonds is 8. The summed E-state index contributed by atoms with van der Waals surface area (Å²) in [4.78, 5) is 36.7. The van der Waals surface area contributed by atoms with Crippen LogP contribution in [0.25, 0.3) is 11.1 Å². The van der Waals surface area contributed by atoms with E-state index in [-0.39, 0.29) is 18.4 Å². The van der Waals surface area contributed by atoms with Crippen LogP contribution in [-0.2, 0) is 14.3 Å². The van der Waals surface area contributed by atoms with E-state index in [0.29, 0.717) is 6.42 Å². The third kappa shape index (κ3) is 4.77. The number of carboxylic acids is 1. The highest BCUT2D eigenvalue weighted by Gasteiger charge is 2.35. The maximum atomic E-state index is 12.7. The van der Waals surface area contributed by atoms with Crippen molar-refractivity contribution in [3.8, 4) is 11.1 Å². The quantitative estimate of drug-likeness (QED) is 0.579. The number of ether oxygens (including phenoxy) is 1. The number of hydrogen-bond acceptors (Lipinski definition) is 4. The van der Waals surface area contributed by atoms with Gasteiger partial charge < -0.3 is 20.5 Å². The Morgan fingerprint density at radius 3 is 2.06 bits per heavy atom. The molecule has 0 saturated heterocycles. The van der Waals surface area contributed by atoms with Crippen LogP contribution in [-0.4, -0.2) is 41.3 Å². The molecule has 0 radical (unpaired) electrons. The predicted octanol–water partition coefficient (Wildman–Crippen LogP) is 3.92. The lowest BCUT2D eigenvalue weighted by atomic mass is 9.97. The molecule has 0 spiro atoms. The molecule has 170 valence electrons. The topological polar surface area (TPSA) is 105 Å². The molecule has 32 heavy (non-hydrogen) atoms. The number of carbonyl (C=O) groups is 3. The minimum atomic E-state index is -1.34. The van der Waals surface area contributed by atoms with E-state index in [4.69, 9.17) is 4.74 Å². The molecular formula is C25H30N2O5. The van der Waals surface area contributed by atoms with Gasteiger partial charge in [-0.25, -0.2) is 9.59 Å². The number of fused-ring (bicyclic) bond motifs is 3. The molecule has 2 aromatic carbocycles. The molecule has 7 heteroatoms. The largest absolute Gasteiger partial charge is 0.480 e. The van der Waals surface area contributed by atoms with Crippen LogP contribution >= 0.6 is 0 Å². The highest BCUT2D eigenvalue weighted by atomic mass is 16.5. The minimum Gasteiger partial charge on any atom is -0.480 e. The molecule has 0 saturated carbocycles. The van der Waals surface area contributed by atoms with E-state index < -0.39 is 29.6 Å². The fourth-order valence-corrected chi connectivity index (χ4v) is 3.95. The summed E-state index contributed by atoms with van der Waals surface area (Å²) < 4.78 is 5.50. The van der Waals surface area contributed by atoms with Gasteiger partial charge in [-0.05, 0) is 42.0 Å². The van der Waals surface area contributed by atoms with Gasteiger partial charge in [-0.1, -0.05) is 68.8 Å². The Kier molecular flexibility index (Phi) is 6.87. The molecule has 1 aliphatic rings. The molecule has 0 bridgehead atoms. The Morgan fingerprint density at radius 2 is 1.56 bits per heavy atom. The zero-order chi connectivity index (χ0) is 23.5. The molecule has 2 amide bonds. The van der Waals surface area contributed by atoms with Crippen molar-refractivity contribution in [3.05, 3.63) is 59.7 Å². The zero-order valence-electron chi connectivity index (χ0n) is 18.8. The Balaban J connectivity index is 1.64. The van der Waals surface area contributed by atoms with Crippen LogP contribution in [0, 0.1) is 5.92 Å². The number of amides is 2. The van der Waals surface area contributed by atoms with Gasteiger partial charge in [0.25, 0.3) is 0 Å². The van der Waals surface area contributed by atoms with Crippen LogP contribution in [0.15, 0.2) is 48.5 Å². The van der Waals surface area contributed by atoms with Gasteiger partial charge in [-0.3, -0.25) is 4.79 Å². The molecule has 7 nitrogen and oxygen atoms in total. The van der Waals surface area contributed by atoms with Crippen LogP contribution < -0.4 is 10.6 Å². The van der Waals surface area contributed by atoms with Gasteiger partial charge in [0.2, 0.25) is 5.91 Å². The molecule has 0 fully saturated rings. The normalized spacial score (nSPS) is 14.6. The summed E-state index contributed by atoms with van der Waals surface area (Å²) in [7, 11) is 0. The Hall–Kier alpha value is -3.35. The number of aliphatic carboxylic acids is 1. The van der Waals surface area contributed by atoms with E-state index >= 15 is 0 Å². The summed E-state index contributed by atoms with van der Waals surface area (Å²) in [6.45, 7) is 6.76. The third-order valence-corrected chi connectivity index (χ3v) is 6.09. The molecule has 0 unspecified atom stereocenters. The minimum absolute atomic E-state index is 0.0908. The molecule has 2 aromatic rings. The number of alkyl carbamates (subject to hydrolysis) is 1. The van der Waals surface area contributed by atoms with Crippen LogP contribution in [0.3, 0.4) is 0 Å². The molecular weight excluding hydrogens is 408 g/mol. The highest BCUT2D eigenvalue weighted by Crippen LogP contribution is 2.44. The fourth-order valence-electron chi connectivity index (χ4n) is 3.95. The summed E-state index contributed by atoms with van der Waals surface area (Å²) in [6.07, 6.45) is -0.139. The second kappa shape index (κ2) is 9.42. The number of nitrogens with one attached hydrogen (secondary N) is 2.